The number of hydrogen-bond donors (Lipinski definition) is 1. The summed E-state index contributed by atoms with van der Waals surface area (Å²) < 4.78 is 0. The van der Waals surface area contributed by atoms with Gasteiger partial charge in [-0.1, -0.05) is 0 Å². The van der Waals surface area contributed by atoms with Gasteiger partial charge in [0.15, 0.2) is 5.65 Å². The van der Waals surface area contributed by atoms with Crippen molar-refractivity contribution >= 4 is 11.0 Å². The predicted molar refractivity (Wildman–Crippen MR) is 50.7 cm³/mol. The minimum absolute atomic E-state index is 0.275. The van der Waals surface area contributed by atoms with Crippen LogP contribution in [0.1, 0.15) is 11.3 Å². The van der Waals surface area contributed by atoms with Crippen molar-refractivity contribution in [2.75, 3.05) is 0 Å². The lowest BCUT2D eigenvalue weighted by Gasteiger charge is -2.02. The number of aromatic hydroxyl groups is 1. The number of fused-ring (bicyclic) bond motifs is 1. The fraction of sp³-hybridized carbons (Fsp3) is 0.200. The van der Waals surface area contributed by atoms with Crippen LogP contribution in [0, 0.1) is 13.8 Å². The predicted octanol–water partition coefficient (Wildman–Crippen LogP) is 1.95. The van der Waals surface area contributed by atoms with Crippen molar-refractivity contribution in [2.45, 2.75) is 13.8 Å². The SMILES string of the molecule is Cc1ccc2c(O)c(C)cnc2n1. The normalized spacial score (nSPS) is 10.6. The molecular formula is C10H10N2O. The van der Waals surface area contributed by atoms with E-state index in [1.165, 1.54) is 0 Å². The van der Waals surface area contributed by atoms with E-state index in [1.54, 1.807) is 6.20 Å². The molecule has 0 aromatic carbocycles. The van der Waals surface area contributed by atoms with Crippen LogP contribution in [0.4, 0.5) is 0 Å². The van der Waals surface area contributed by atoms with E-state index in [9.17, 15) is 5.11 Å². The minimum Gasteiger partial charge on any atom is -0.507 e. The maximum Gasteiger partial charge on any atom is 0.163 e. The highest BCUT2D eigenvalue weighted by Gasteiger charge is 2.04. The van der Waals surface area contributed by atoms with Crippen LogP contribution in [0.2, 0.25) is 0 Å². The molecule has 0 fully saturated rings. The number of hydrogen-bond acceptors (Lipinski definition) is 3. The van der Waals surface area contributed by atoms with Gasteiger partial charge in [-0.3, -0.25) is 0 Å². The smallest absolute Gasteiger partial charge is 0.163 e. The highest BCUT2D eigenvalue weighted by molar-refractivity contribution is 5.82. The monoisotopic (exact) mass is 174 g/mol. The largest absolute Gasteiger partial charge is 0.507 e. The quantitative estimate of drug-likeness (QED) is 0.664. The molecule has 0 saturated heterocycles. The van der Waals surface area contributed by atoms with E-state index >= 15 is 0 Å². The molecule has 66 valence electrons. The summed E-state index contributed by atoms with van der Waals surface area (Å²) in [5, 5.41) is 10.4. The zero-order valence-corrected chi connectivity index (χ0v) is 7.57. The van der Waals surface area contributed by atoms with Gasteiger partial charge in [-0.15, -0.1) is 0 Å². The first kappa shape index (κ1) is 7.98. The lowest BCUT2D eigenvalue weighted by molar-refractivity contribution is 0.477. The van der Waals surface area contributed by atoms with Crippen molar-refractivity contribution in [2.24, 2.45) is 0 Å². The Morgan fingerprint density at radius 1 is 1.23 bits per heavy atom. The van der Waals surface area contributed by atoms with Gasteiger partial charge in [0, 0.05) is 17.5 Å². The van der Waals surface area contributed by atoms with Crippen molar-refractivity contribution in [1.29, 1.82) is 0 Å². The molecule has 0 spiro atoms. The fourth-order valence-corrected chi connectivity index (χ4v) is 1.26. The lowest BCUT2D eigenvalue weighted by Crippen LogP contribution is -1.88. The van der Waals surface area contributed by atoms with Gasteiger partial charge in [-0.2, -0.15) is 0 Å². The van der Waals surface area contributed by atoms with Crippen LogP contribution in [0.25, 0.3) is 11.0 Å². The van der Waals surface area contributed by atoms with Crippen molar-refractivity contribution in [3.63, 3.8) is 0 Å². The van der Waals surface area contributed by atoms with Gasteiger partial charge in [-0.25, -0.2) is 9.97 Å². The van der Waals surface area contributed by atoms with Gasteiger partial charge in [0.25, 0.3) is 0 Å². The van der Waals surface area contributed by atoms with E-state index in [2.05, 4.69) is 9.97 Å². The molecule has 0 aliphatic rings. The second-order valence-electron chi connectivity index (χ2n) is 3.11. The summed E-state index contributed by atoms with van der Waals surface area (Å²) in [5.74, 6) is 0.275. The first-order valence-electron chi connectivity index (χ1n) is 4.10. The average molecular weight is 174 g/mol. The first-order chi connectivity index (χ1) is 6.18. The standard InChI is InChI=1S/C10H10N2O/c1-6-5-11-10-8(9(6)13)4-3-7(2)12-10/h3-5H,1-2H3,(H,11,12,13). The molecule has 0 unspecified atom stereocenters. The van der Waals surface area contributed by atoms with Crippen LogP contribution in [0.3, 0.4) is 0 Å². The summed E-state index contributed by atoms with van der Waals surface area (Å²) in [4.78, 5) is 8.34. The molecule has 2 heterocycles. The second kappa shape index (κ2) is 2.69. The van der Waals surface area contributed by atoms with Gasteiger partial charge in [0.05, 0.1) is 5.39 Å². The molecule has 2 aromatic rings. The Hall–Kier alpha value is -1.64. The second-order valence-corrected chi connectivity index (χ2v) is 3.11. The number of rotatable bonds is 0. The van der Waals surface area contributed by atoms with Crippen LogP contribution >= 0.6 is 0 Å². The van der Waals surface area contributed by atoms with Gasteiger partial charge < -0.3 is 5.11 Å². The van der Waals surface area contributed by atoms with Crippen LogP contribution < -0.4 is 0 Å². The Kier molecular flexibility index (Phi) is 1.65. The molecule has 0 aliphatic carbocycles. The molecule has 0 radical (unpaired) electrons. The van der Waals surface area contributed by atoms with Crippen molar-refractivity contribution in [1.82, 2.24) is 9.97 Å². The van der Waals surface area contributed by atoms with Crippen molar-refractivity contribution in [3.05, 3.63) is 29.6 Å². The highest BCUT2D eigenvalue weighted by Crippen LogP contribution is 2.24. The van der Waals surface area contributed by atoms with Gasteiger partial charge in [0.2, 0.25) is 0 Å². The molecule has 1 N–H and O–H groups in total. The number of nitrogens with zero attached hydrogens (tertiary/aromatic N) is 2. The van der Waals surface area contributed by atoms with Crippen molar-refractivity contribution < 1.29 is 5.11 Å². The van der Waals surface area contributed by atoms with Crippen LogP contribution in [0.5, 0.6) is 5.75 Å². The molecule has 3 heteroatoms. The Morgan fingerprint density at radius 2 is 2.00 bits per heavy atom. The Balaban J connectivity index is 2.87. The molecule has 13 heavy (non-hydrogen) atoms. The summed E-state index contributed by atoms with van der Waals surface area (Å²) in [6.07, 6.45) is 1.63. The van der Waals surface area contributed by atoms with Crippen molar-refractivity contribution in [3.8, 4) is 5.75 Å². The van der Waals surface area contributed by atoms with Gasteiger partial charge in [0.1, 0.15) is 5.75 Å². The third kappa shape index (κ3) is 1.22. The summed E-state index contributed by atoms with van der Waals surface area (Å²) in [6.45, 7) is 3.72. The summed E-state index contributed by atoms with van der Waals surface area (Å²) >= 11 is 0. The topological polar surface area (TPSA) is 46.0 Å². The van der Waals surface area contributed by atoms with Crippen LogP contribution in [-0.4, -0.2) is 15.1 Å². The molecule has 3 nitrogen and oxygen atoms in total. The molecule has 0 aliphatic heterocycles. The van der Waals surface area contributed by atoms with E-state index < -0.39 is 0 Å². The van der Waals surface area contributed by atoms with E-state index in [0.29, 0.717) is 11.0 Å². The molecular weight excluding hydrogens is 164 g/mol. The van der Waals surface area contributed by atoms with E-state index in [-0.39, 0.29) is 5.75 Å². The maximum absolute atomic E-state index is 9.67. The molecule has 0 atom stereocenters. The number of aryl methyl sites for hydroxylation is 2. The van der Waals surface area contributed by atoms with Gasteiger partial charge in [-0.05, 0) is 26.0 Å². The van der Waals surface area contributed by atoms with Crippen LogP contribution in [0.15, 0.2) is 18.3 Å². The summed E-state index contributed by atoms with van der Waals surface area (Å²) in [5.41, 5.74) is 2.28. The third-order valence-electron chi connectivity index (χ3n) is 2.02. The Morgan fingerprint density at radius 3 is 2.77 bits per heavy atom. The number of pyridine rings is 2. The molecule has 2 aromatic heterocycles. The van der Waals surface area contributed by atoms with E-state index in [1.807, 2.05) is 26.0 Å². The molecule has 0 bridgehead atoms. The third-order valence-corrected chi connectivity index (χ3v) is 2.02. The molecule has 0 amide bonds. The van der Waals surface area contributed by atoms with E-state index in [4.69, 9.17) is 0 Å². The summed E-state index contributed by atoms with van der Waals surface area (Å²) in [7, 11) is 0. The molecule has 0 saturated carbocycles. The highest BCUT2D eigenvalue weighted by atomic mass is 16.3. The lowest BCUT2D eigenvalue weighted by atomic mass is 10.2. The minimum atomic E-state index is 0.275. The fourth-order valence-electron chi connectivity index (χ4n) is 1.26. The average Bonchev–Trinajstić information content (AvgIpc) is 2.12. The Bertz CT molecular complexity index is 466. The Labute approximate surface area is 76.1 Å². The zero-order valence-electron chi connectivity index (χ0n) is 7.57. The first-order valence-corrected chi connectivity index (χ1v) is 4.10. The summed E-state index contributed by atoms with van der Waals surface area (Å²) in [6, 6.07) is 3.70. The van der Waals surface area contributed by atoms with Gasteiger partial charge >= 0.3 is 0 Å². The van der Waals surface area contributed by atoms with E-state index in [0.717, 1.165) is 11.3 Å². The number of aromatic nitrogens is 2. The zero-order chi connectivity index (χ0) is 9.42. The maximum atomic E-state index is 9.67. The molecule has 2 rings (SSSR count). The van der Waals surface area contributed by atoms with Crippen LogP contribution in [-0.2, 0) is 0 Å².